The number of anilines is 2. The maximum atomic E-state index is 12.3. The number of pyridine rings is 1. The van der Waals surface area contributed by atoms with E-state index in [9.17, 15) is 4.79 Å². The van der Waals surface area contributed by atoms with Gasteiger partial charge in [-0.1, -0.05) is 6.92 Å². The molecule has 5 heteroatoms. The molecule has 1 aliphatic rings. The van der Waals surface area contributed by atoms with Gasteiger partial charge in [-0.3, -0.25) is 4.79 Å². The van der Waals surface area contributed by atoms with Crippen molar-refractivity contribution in [2.75, 3.05) is 30.4 Å². The highest BCUT2D eigenvalue weighted by atomic mass is 16.5. The fourth-order valence-electron chi connectivity index (χ4n) is 2.99. The third-order valence-corrected chi connectivity index (χ3v) is 4.34. The molecule has 3 rings (SSSR count). The van der Waals surface area contributed by atoms with Gasteiger partial charge < -0.3 is 15.0 Å². The van der Waals surface area contributed by atoms with Gasteiger partial charge in [-0.25, -0.2) is 4.98 Å². The number of nitrogens with one attached hydrogen (secondary N) is 1. The molecule has 1 N–H and O–H groups in total. The minimum Gasteiger partial charge on any atom is -0.497 e. The van der Waals surface area contributed by atoms with Crippen LogP contribution >= 0.6 is 0 Å². The number of rotatable bonds is 4. The van der Waals surface area contributed by atoms with Crippen molar-refractivity contribution in [3.8, 4) is 5.75 Å². The normalized spacial score (nSPS) is 17.4. The lowest BCUT2D eigenvalue weighted by Gasteiger charge is -2.31. The Balaban J connectivity index is 1.63. The lowest BCUT2D eigenvalue weighted by molar-refractivity contribution is 0.102. The lowest BCUT2D eigenvalue weighted by atomic mass is 10.0. The number of aromatic nitrogens is 1. The molecular weight excluding hydrogens is 302 g/mol. The second-order valence-electron chi connectivity index (χ2n) is 6.28. The Morgan fingerprint density at radius 1 is 1.25 bits per heavy atom. The van der Waals surface area contributed by atoms with Crippen LogP contribution in [-0.4, -0.2) is 31.1 Å². The molecule has 1 fully saturated rings. The van der Waals surface area contributed by atoms with Crippen LogP contribution in [0.15, 0.2) is 42.6 Å². The smallest absolute Gasteiger partial charge is 0.255 e. The number of amides is 1. The molecular formula is C19H23N3O2. The maximum absolute atomic E-state index is 12.3. The Labute approximate surface area is 142 Å². The molecule has 1 atom stereocenters. The van der Waals surface area contributed by atoms with Crippen LogP contribution in [0.4, 0.5) is 11.5 Å². The van der Waals surface area contributed by atoms with E-state index >= 15 is 0 Å². The number of piperidine rings is 1. The molecule has 1 aromatic heterocycles. The third kappa shape index (κ3) is 3.85. The van der Waals surface area contributed by atoms with Gasteiger partial charge in [0, 0.05) is 18.7 Å². The van der Waals surface area contributed by atoms with E-state index in [1.54, 1.807) is 37.6 Å². The quantitative estimate of drug-likeness (QED) is 0.933. The van der Waals surface area contributed by atoms with Gasteiger partial charge in [0.15, 0.2) is 0 Å². The molecule has 24 heavy (non-hydrogen) atoms. The molecule has 0 saturated carbocycles. The predicted molar refractivity (Wildman–Crippen MR) is 95.8 cm³/mol. The van der Waals surface area contributed by atoms with Gasteiger partial charge in [-0.15, -0.1) is 0 Å². The first kappa shape index (κ1) is 16.3. The zero-order valence-corrected chi connectivity index (χ0v) is 14.2. The van der Waals surface area contributed by atoms with Crippen molar-refractivity contribution in [2.24, 2.45) is 5.92 Å². The van der Waals surface area contributed by atoms with E-state index in [1.165, 1.54) is 12.8 Å². The Morgan fingerprint density at radius 2 is 2.04 bits per heavy atom. The summed E-state index contributed by atoms with van der Waals surface area (Å²) in [6, 6.07) is 10.9. The van der Waals surface area contributed by atoms with Crippen LogP contribution in [0.2, 0.25) is 0 Å². The molecule has 0 aliphatic carbocycles. The van der Waals surface area contributed by atoms with Crippen LogP contribution in [0.5, 0.6) is 5.75 Å². The summed E-state index contributed by atoms with van der Waals surface area (Å²) in [5, 5.41) is 2.87. The SMILES string of the molecule is COc1ccc(C(=O)Nc2ccc(N3CCCC(C)C3)nc2)cc1. The van der Waals surface area contributed by atoms with Crippen molar-refractivity contribution in [1.29, 1.82) is 0 Å². The van der Waals surface area contributed by atoms with E-state index in [0.717, 1.165) is 24.7 Å². The van der Waals surface area contributed by atoms with E-state index in [4.69, 9.17) is 4.74 Å². The standard InChI is InChI=1S/C19H23N3O2/c1-14-4-3-11-22(13-14)18-10-7-16(12-20-18)21-19(23)15-5-8-17(24-2)9-6-15/h5-10,12,14H,3-4,11,13H2,1-2H3,(H,21,23). The molecule has 1 aromatic carbocycles. The van der Waals surface area contributed by atoms with Crippen molar-refractivity contribution in [1.82, 2.24) is 4.98 Å². The van der Waals surface area contributed by atoms with Crippen LogP contribution in [0.3, 0.4) is 0 Å². The maximum Gasteiger partial charge on any atom is 0.255 e. The van der Waals surface area contributed by atoms with E-state index in [2.05, 4.69) is 22.1 Å². The monoisotopic (exact) mass is 325 g/mol. The average Bonchev–Trinajstić information content (AvgIpc) is 2.62. The lowest BCUT2D eigenvalue weighted by Crippen LogP contribution is -2.34. The summed E-state index contributed by atoms with van der Waals surface area (Å²) in [6.45, 7) is 4.37. The van der Waals surface area contributed by atoms with Crippen LogP contribution in [0.25, 0.3) is 0 Å². The molecule has 1 aliphatic heterocycles. The zero-order valence-electron chi connectivity index (χ0n) is 14.2. The first-order valence-electron chi connectivity index (χ1n) is 8.32. The highest BCUT2D eigenvalue weighted by Crippen LogP contribution is 2.22. The first-order valence-corrected chi connectivity index (χ1v) is 8.32. The van der Waals surface area contributed by atoms with Gasteiger partial charge in [0.05, 0.1) is 19.0 Å². The highest BCUT2D eigenvalue weighted by Gasteiger charge is 2.17. The fourth-order valence-corrected chi connectivity index (χ4v) is 2.99. The van der Waals surface area contributed by atoms with E-state index in [-0.39, 0.29) is 5.91 Å². The fraction of sp³-hybridized carbons (Fsp3) is 0.368. The number of hydrogen-bond acceptors (Lipinski definition) is 4. The first-order chi connectivity index (χ1) is 11.7. The summed E-state index contributed by atoms with van der Waals surface area (Å²) in [7, 11) is 1.60. The van der Waals surface area contributed by atoms with Gasteiger partial charge >= 0.3 is 0 Å². The summed E-state index contributed by atoms with van der Waals surface area (Å²) < 4.78 is 5.10. The minimum atomic E-state index is -0.154. The van der Waals surface area contributed by atoms with Gasteiger partial charge in [0.2, 0.25) is 0 Å². The molecule has 1 unspecified atom stereocenters. The molecule has 2 heterocycles. The average molecular weight is 325 g/mol. The Bertz CT molecular complexity index is 683. The minimum absolute atomic E-state index is 0.154. The largest absolute Gasteiger partial charge is 0.497 e. The molecule has 0 spiro atoms. The number of carbonyl (C=O) groups is 1. The van der Waals surface area contributed by atoms with Crippen LogP contribution in [-0.2, 0) is 0 Å². The van der Waals surface area contributed by atoms with Crippen molar-refractivity contribution in [3.63, 3.8) is 0 Å². The molecule has 1 amide bonds. The highest BCUT2D eigenvalue weighted by molar-refractivity contribution is 6.04. The Hall–Kier alpha value is -2.56. The van der Waals surface area contributed by atoms with Crippen molar-refractivity contribution >= 4 is 17.4 Å². The predicted octanol–water partition coefficient (Wildman–Crippen LogP) is 3.58. The molecule has 5 nitrogen and oxygen atoms in total. The third-order valence-electron chi connectivity index (χ3n) is 4.34. The van der Waals surface area contributed by atoms with E-state index in [0.29, 0.717) is 17.2 Å². The molecule has 0 bridgehead atoms. The summed E-state index contributed by atoms with van der Waals surface area (Å²) in [6.07, 6.45) is 4.21. The van der Waals surface area contributed by atoms with Gasteiger partial charge in [-0.05, 0) is 55.2 Å². The number of benzene rings is 1. The van der Waals surface area contributed by atoms with Crippen LogP contribution in [0.1, 0.15) is 30.1 Å². The number of ether oxygens (including phenoxy) is 1. The second-order valence-corrected chi connectivity index (χ2v) is 6.28. The Morgan fingerprint density at radius 3 is 2.67 bits per heavy atom. The van der Waals surface area contributed by atoms with Gasteiger partial charge in [-0.2, -0.15) is 0 Å². The van der Waals surface area contributed by atoms with Crippen LogP contribution < -0.4 is 15.0 Å². The van der Waals surface area contributed by atoms with Crippen LogP contribution in [0, 0.1) is 5.92 Å². The second kappa shape index (κ2) is 7.34. The topological polar surface area (TPSA) is 54.5 Å². The van der Waals surface area contributed by atoms with Crippen molar-refractivity contribution < 1.29 is 9.53 Å². The number of carbonyl (C=O) groups excluding carboxylic acids is 1. The number of hydrogen-bond donors (Lipinski definition) is 1. The molecule has 0 radical (unpaired) electrons. The van der Waals surface area contributed by atoms with E-state index < -0.39 is 0 Å². The summed E-state index contributed by atoms with van der Waals surface area (Å²) >= 11 is 0. The summed E-state index contributed by atoms with van der Waals surface area (Å²) in [5.41, 5.74) is 1.29. The molecule has 1 saturated heterocycles. The van der Waals surface area contributed by atoms with Crippen molar-refractivity contribution in [3.05, 3.63) is 48.2 Å². The molecule has 126 valence electrons. The summed E-state index contributed by atoms with van der Waals surface area (Å²) in [5.74, 6) is 2.26. The van der Waals surface area contributed by atoms with Gasteiger partial charge in [0.1, 0.15) is 11.6 Å². The Kier molecular flexibility index (Phi) is 4.99. The number of methoxy groups -OCH3 is 1. The summed E-state index contributed by atoms with van der Waals surface area (Å²) in [4.78, 5) is 19.1. The van der Waals surface area contributed by atoms with E-state index in [1.807, 2.05) is 12.1 Å². The van der Waals surface area contributed by atoms with Crippen molar-refractivity contribution in [2.45, 2.75) is 19.8 Å². The molecule has 2 aromatic rings. The zero-order chi connectivity index (χ0) is 16.9. The van der Waals surface area contributed by atoms with Gasteiger partial charge in [0.25, 0.3) is 5.91 Å². The number of nitrogens with zero attached hydrogens (tertiary/aromatic N) is 2.